The second-order valence-electron chi connectivity index (χ2n) is 8.81. The highest BCUT2D eigenvalue weighted by Gasteiger charge is 2.41. The number of methoxy groups -OCH3 is 2. The average Bonchev–Trinajstić information content (AvgIpc) is 3.39. The van der Waals surface area contributed by atoms with Crippen molar-refractivity contribution in [3.63, 3.8) is 0 Å². The van der Waals surface area contributed by atoms with E-state index in [0.717, 1.165) is 35.4 Å². The molecule has 2 aliphatic rings. The third-order valence-electron chi connectivity index (χ3n) is 6.45. The van der Waals surface area contributed by atoms with Crippen LogP contribution in [0.2, 0.25) is 0 Å². The lowest BCUT2D eigenvalue weighted by atomic mass is 10.1. The Morgan fingerprint density at radius 1 is 1.22 bits per heavy atom. The van der Waals surface area contributed by atoms with Crippen molar-refractivity contribution < 1.29 is 19.1 Å². The summed E-state index contributed by atoms with van der Waals surface area (Å²) in [4.78, 5) is 39.1. The third-order valence-corrected chi connectivity index (χ3v) is 6.45. The number of carbonyl (C=O) groups excluding carboxylic acids is 2. The fourth-order valence-corrected chi connectivity index (χ4v) is 4.42. The van der Waals surface area contributed by atoms with Crippen LogP contribution in [0.15, 0.2) is 24.3 Å². The summed E-state index contributed by atoms with van der Waals surface area (Å²) in [6.07, 6.45) is 1.93. The van der Waals surface area contributed by atoms with E-state index in [1.165, 1.54) is 0 Å². The second kappa shape index (κ2) is 8.50. The summed E-state index contributed by atoms with van der Waals surface area (Å²) in [6, 6.07) is 7.43. The van der Waals surface area contributed by atoms with Crippen LogP contribution in [-0.2, 0) is 27.3 Å². The lowest BCUT2D eigenvalue weighted by Gasteiger charge is -2.32. The standard InChI is InChI=1S/C24H30N4O4/c1-15-17-13-20(29)28(14-16-9-6-7-11-19(16)31-4)22(17)26-21(25-15)18-10-8-12-27(18)23(30)24(2,3)32-5/h6-7,9,11,18H,8,10,12-14H2,1-5H3. The molecule has 4 rings (SSSR count). The molecule has 2 aliphatic heterocycles. The maximum atomic E-state index is 13.1. The van der Waals surface area contributed by atoms with Gasteiger partial charge in [-0.3, -0.25) is 14.5 Å². The summed E-state index contributed by atoms with van der Waals surface area (Å²) < 4.78 is 10.9. The van der Waals surface area contributed by atoms with E-state index >= 15 is 0 Å². The van der Waals surface area contributed by atoms with E-state index in [4.69, 9.17) is 19.4 Å². The molecule has 1 atom stereocenters. The lowest BCUT2D eigenvalue weighted by Crippen LogP contribution is -2.46. The first-order chi connectivity index (χ1) is 15.3. The molecule has 0 aliphatic carbocycles. The predicted octanol–water partition coefficient (Wildman–Crippen LogP) is 2.97. The maximum absolute atomic E-state index is 13.1. The van der Waals surface area contributed by atoms with Crippen LogP contribution in [-0.4, -0.2) is 53.0 Å². The Balaban J connectivity index is 1.69. The fraction of sp³-hybridized carbons (Fsp3) is 0.500. The minimum absolute atomic E-state index is 0.0136. The largest absolute Gasteiger partial charge is 0.496 e. The zero-order valence-corrected chi connectivity index (χ0v) is 19.3. The quantitative estimate of drug-likeness (QED) is 0.689. The van der Waals surface area contributed by atoms with Gasteiger partial charge in [-0.05, 0) is 39.7 Å². The van der Waals surface area contributed by atoms with Crippen LogP contribution in [0.5, 0.6) is 5.75 Å². The van der Waals surface area contributed by atoms with Crippen molar-refractivity contribution in [2.24, 2.45) is 0 Å². The highest BCUT2D eigenvalue weighted by Crippen LogP contribution is 2.37. The van der Waals surface area contributed by atoms with Crippen molar-refractivity contribution in [3.05, 3.63) is 46.9 Å². The van der Waals surface area contributed by atoms with E-state index in [1.807, 2.05) is 36.1 Å². The first kappa shape index (κ1) is 22.2. The molecule has 1 unspecified atom stereocenters. The van der Waals surface area contributed by atoms with Gasteiger partial charge in [-0.15, -0.1) is 0 Å². The normalized spacial score (nSPS) is 18.3. The minimum atomic E-state index is -0.916. The van der Waals surface area contributed by atoms with Gasteiger partial charge in [0.2, 0.25) is 5.91 Å². The number of para-hydroxylation sites is 1. The number of amides is 2. The summed E-state index contributed by atoms with van der Waals surface area (Å²) >= 11 is 0. The van der Waals surface area contributed by atoms with E-state index in [2.05, 4.69) is 0 Å². The number of fused-ring (bicyclic) bond motifs is 1. The van der Waals surface area contributed by atoms with E-state index in [-0.39, 0.29) is 24.3 Å². The first-order valence-electron chi connectivity index (χ1n) is 10.9. The minimum Gasteiger partial charge on any atom is -0.496 e. The number of hydrogen-bond acceptors (Lipinski definition) is 6. The lowest BCUT2D eigenvalue weighted by molar-refractivity contribution is -0.152. The molecule has 1 aromatic heterocycles. The van der Waals surface area contributed by atoms with Gasteiger partial charge in [-0.2, -0.15) is 0 Å². The SMILES string of the molecule is COc1ccccc1CN1C(=O)Cc2c(C)nc(C3CCCN3C(=O)C(C)(C)OC)nc21. The van der Waals surface area contributed by atoms with Crippen LogP contribution >= 0.6 is 0 Å². The summed E-state index contributed by atoms with van der Waals surface area (Å²) in [5.41, 5.74) is 1.63. The Morgan fingerprint density at radius 3 is 2.69 bits per heavy atom. The van der Waals surface area contributed by atoms with E-state index in [0.29, 0.717) is 24.7 Å². The number of aromatic nitrogens is 2. The molecule has 0 bridgehead atoms. The van der Waals surface area contributed by atoms with Gasteiger partial charge in [-0.25, -0.2) is 9.97 Å². The summed E-state index contributed by atoms with van der Waals surface area (Å²) in [6.45, 7) is 6.46. The molecule has 1 fully saturated rings. The highest BCUT2D eigenvalue weighted by atomic mass is 16.5. The number of rotatable bonds is 6. The summed E-state index contributed by atoms with van der Waals surface area (Å²) in [5.74, 6) is 1.85. The molecule has 0 radical (unpaired) electrons. The third kappa shape index (κ3) is 3.83. The molecule has 2 amide bonds. The molecular weight excluding hydrogens is 408 g/mol. The molecular formula is C24H30N4O4. The Morgan fingerprint density at radius 2 is 1.97 bits per heavy atom. The molecule has 0 spiro atoms. The van der Waals surface area contributed by atoms with E-state index in [1.54, 1.807) is 33.0 Å². The van der Waals surface area contributed by atoms with Crippen LogP contribution in [0.4, 0.5) is 5.82 Å². The number of anilines is 1. The fourth-order valence-electron chi connectivity index (χ4n) is 4.42. The Labute approximate surface area is 188 Å². The van der Waals surface area contributed by atoms with Crippen molar-refractivity contribution in [3.8, 4) is 5.75 Å². The molecule has 8 nitrogen and oxygen atoms in total. The Hall–Kier alpha value is -3.00. The maximum Gasteiger partial charge on any atom is 0.254 e. The van der Waals surface area contributed by atoms with Crippen molar-refractivity contribution in [1.82, 2.24) is 14.9 Å². The number of hydrogen-bond donors (Lipinski definition) is 0. The van der Waals surface area contributed by atoms with Crippen molar-refractivity contribution >= 4 is 17.6 Å². The number of ether oxygens (including phenoxy) is 2. The van der Waals surface area contributed by atoms with E-state index in [9.17, 15) is 9.59 Å². The van der Waals surface area contributed by atoms with Crippen molar-refractivity contribution in [2.45, 2.75) is 58.2 Å². The van der Waals surface area contributed by atoms with Gasteiger partial charge in [-0.1, -0.05) is 18.2 Å². The number of nitrogens with zero attached hydrogens (tertiary/aromatic N) is 4. The van der Waals surface area contributed by atoms with Gasteiger partial charge in [0.1, 0.15) is 17.2 Å². The molecule has 1 aromatic carbocycles. The zero-order chi connectivity index (χ0) is 23.0. The van der Waals surface area contributed by atoms with Gasteiger partial charge in [0.15, 0.2) is 5.82 Å². The second-order valence-corrected chi connectivity index (χ2v) is 8.81. The van der Waals surface area contributed by atoms with Crippen LogP contribution in [0, 0.1) is 6.92 Å². The summed E-state index contributed by atoms with van der Waals surface area (Å²) in [5, 5.41) is 0. The van der Waals surface area contributed by atoms with Gasteiger partial charge in [0.25, 0.3) is 5.91 Å². The topological polar surface area (TPSA) is 84.9 Å². The van der Waals surface area contributed by atoms with Crippen molar-refractivity contribution in [1.29, 1.82) is 0 Å². The number of aryl methyl sites for hydroxylation is 1. The molecule has 32 heavy (non-hydrogen) atoms. The highest BCUT2D eigenvalue weighted by molar-refractivity contribution is 6.00. The van der Waals surface area contributed by atoms with E-state index < -0.39 is 5.60 Å². The first-order valence-corrected chi connectivity index (χ1v) is 10.9. The van der Waals surface area contributed by atoms with Gasteiger partial charge >= 0.3 is 0 Å². The summed E-state index contributed by atoms with van der Waals surface area (Å²) in [7, 11) is 3.16. The molecule has 0 N–H and O–H groups in total. The number of benzene rings is 1. The monoisotopic (exact) mass is 438 g/mol. The number of carbonyl (C=O) groups is 2. The van der Waals surface area contributed by atoms with Crippen LogP contribution in [0.3, 0.4) is 0 Å². The number of likely N-dealkylation sites (tertiary alicyclic amines) is 1. The molecule has 3 heterocycles. The van der Waals surface area contributed by atoms with Crippen LogP contribution in [0.25, 0.3) is 0 Å². The Kier molecular flexibility index (Phi) is 5.90. The molecule has 0 saturated carbocycles. The predicted molar refractivity (Wildman–Crippen MR) is 119 cm³/mol. The smallest absolute Gasteiger partial charge is 0.254 e. The molecule has 8 heteroatoms. The van der Waals surface area contributed by atoms with Gasteiger partial charge < -0.3 is 14.4 Å². The zero-order valence-electron chi connectivity index (χ0n) is 19.3. The molecule has 170 valence electrons. The Bertz CT molecular complexity index is 1050. The van der Waals surface area contributed by atoms with Crippen LogP contribution < -0.4 is 9.64 Å². The van der Waals surface area contributed by atoms with Gasteiger partial charge in [0.05, 0.1) is 26.1 Å². The van der Waals surface area contributed by atoms with Crippen molar-refractivity contribution in [2.75, 3.05) is 25.7 Å². The molecule has 1 saturated heterocycles. The van der Waals surface area contributed by atoms with Crippen LogP contribution in [0.1, 0.15) is 55.4 Å². The van der Waals surface area contributed by atoms with Gasteiger partial charge in [0, 0.05) is 30.5 Å². The average molecular weight is 439 g/mol. The molecule has 2 aromatic rings.